The molecule has 3 aromatic carbocycles. The van der Waals surface area contributed by atoms with Gasteiger partial charge in [0.05, 0.1) is 22.6 Å². The molecule has 11 heteroatoms. The number of hydrogen-bond donors (Lipinski definition) is 0. The van der Waals surface area contributed by atoms with Crippen LogP contribution in [0.5, 0.6) is 11.5 Å². The molecule has 0 aromatic heterocycles. The highest BCUT2D eigenvalue weighted by atomic mass is 35.5. The van der Waals surface area contributed by atoms with Crippen molar-refractivity contribution in [1.82, 2.24) is 0 Å². The molecule has 35 heavy (non-hydrogen) atoms. The van der Waals surface area contributed by atoms with Crippen LogP contribution < -0.4 is 9.47 Å². The topological polar surface area (TPSA) is 76.4 Å². The molecule has 0 atom stereocenters. The van der Waals surface area contributed by atoms with Crippen molar-refractivity contribution in [1.29, 1.82) is 5.26 Å². The first-order valence-corrected chi connectivity index (χ1v) is 12.0. The number of benzene rings is 3. The first-order chi connectivity index (χ1) is 16.5. The second-order valence-electron chi connectivity index (χ2n) is 7.10. The number of alkyl halides is 3. The minimum Gasteiger partial charge on any atom is -0.493 e. The van der Waals surface area contributed by atoms with Crippen molar-refractivity contribution in [2.24, 2.45) is 0 Å². The molecular formula is C24H16Cl2F3NO4S. The molecule has 0 aliphatic rings. The number of methoxy groups -OCH3 is 1. The van der Waals surface area contributed by atoms with Gasteiger partial charge in [-0.2, -0.15) is 18.4 Å². The van der Waals surface area contributed by atoms with Crippen LogP contribution in [0.4, 0.5) is 13.2 Å². The Morgan fingerprint density at radius 2 is 1.80 bits per heavy atom. The van der Waals surface area contributed by atoms with Crippen molar-refractivity contribution in [2.45, 2.75) is 17.7 Å². The summed E-state index contributed by atoms with van der Waals surface area (Å²) in [6.07, 6.45) is -3.35. The van der Waals surface area contributed by atoms with E-state index in [1.807, 2.05) is 0 Å². The highest BCUT2D eigenvalue weighted by molar-refractivity contribution is 7.95. The number of halogens is 5. The van der Waals surface area contributed by atoms with Gasteiger partial charge >= 0.3 is 6.18 Å². The van der Waals surface area contributed by atoms with Crippen LogP contribution in [0.25, 0.3) is 6.08 Å². The first-order valence-electron chi connectivity index (χ1n) is 9.74. The smallest absolute Gasteiger partial charge is 0.416 e. The molecule has 0 N–H and O–H groups in total. The maximum atomic E-state index is 12.9. The summed E-state index contributed by atoms with van der Waals surface area (Å²) in [5.74, 6) is 0.391. The van der Waals surface area contributed by atoms with E-state index < -0.39 is 26.5 Å². The molecule has 0 fully saturated rings. The average molecular weight is 542 g/mol. The summed E-state index contributed by atoms with van der Waals surface area (Å²) in [4.78, 5) is -0.895. The molecule has 0 amide bonds. The van der Waals surface area contributed by atoms with Crippen molar-refractivity contribution < 1.29 is 31.1 Å². The summed E-state index contributed by atoms with van der Waals surface area (Å²) in [7, 11) is -2.93. The lowest BCUT2D eigenvalue weighted by Gasteiger charge is -2.13. The summed E-state index contributed by atoms with van der Waals surface area (Å²) in [6.45, 7) is -0.166. The summed E-state index contributed by atoms with van der Waals surface area (Å²) < 4.78 is 75.5. The molecule has 182 valence electrons. The van der Waals surface area contributed by atoms with Crippen LogP contribution in [0.2, 0.25) is 10.0 Å². The van der Waals surface area contributed by atoms with Crippen LogP contribution in [0.1, 0.15) is 16.7 Å². The lowest BCUT2D eigenvalue weighted by atomic mass is 10.1. The van der Waals surface area contributed by atoms with Crippen molar-refractivity contribution in [3.8, 4) is 17.6 Å². The van der Waals surface area contributed by atoms with Crippen molar-refractivity contribution in [3.63, 3.8) is 0 Å². The molecule has 0 radical (unpaired) electrons. The molecule has 0 spiro atoms. The van der Waals surface area contributed by atoms with Gasteiger partial charge in [0, 0.05) is 5.02 Å². The lowest BCUT2D eigenvalue weighted by Crippen LogP contribution is -2.06. The van der Waals surface area contributed by atoms with Gasteiger partial charge in [0.1, 0.15) is 17.6 Å². The van der Waals surface area contributed by atoms with Crippen molar-refractivity contribution >= 4 is 39.1 Å². The van der Waals surface area contributed by atoms with E-state index >= 15 is 0 Å². The van der Waals surface area contributed by atoms with E-state index in [4.69, 9.17) is 32.7 Å². The fourth-order valence-corrected chi connectivity index (χ4v) is 4.93. The Morgan fingerprint density at radius 1 is 1.06 bits per heavy atom. The highest BCUT2D eigenvalue weighted by Gasteiger charge is 2.30. The monoisotopic (exact) mass is 541 g/mol. The van der Waals surface area contributed by atoms with Crippen LogP contribution >= 0.6 is 23.2 Å². The lowest BCUT2D eigenvalue weighted by molar-refractivity contribution is -0.137. The number of hydrogen-bond acceptors (Lipinski definition) is 5. The number of nitrogens with zero attached hydrogens (tertiary/aromatic N) is 1. The Hall–Kier alpha value is -3.19. The summed E-state index contributed by atoms with van der Waals surface area (Å²) in [6, 6.07) is 14.6. The molecule has 5 nitrogen and oxygen atoms in total. The summed E-state index contributed by atoms with van der Waals surface area (Å²) in [5.41, 5.74) is -0.204. The van der Waals surface area contributed by atoms with E-state index in [2.05, 4.69) is 0 Å². The minimum atomic E-state index is -4.48. The predicted molar refractivity (Wildman–Crippen MR) is 126 cm³/mol. The Morgan fingerprint density at radius 3 is 2.46 bits per heavy atom. The van der Waals surface area contributed by atoms with Gasteiger partial charge in [-0.3, -0.25) is 0 Å². The zero-order chi connectivity index (χ0) is 25.8. The van der Waals surface area contributed by atoms with Crippen LogP contribution in [-0.4, -0.2) is 15.5 Å². The van der Waals surface area contributed by atoms with E-state index in [1.54, 1.807) is 6.07 Å². The largest absolute Gasteiger partial charge is 0.493 e. The van der Waals surface area contributed by atoms with Gasteiger partial charge in [-0.1, -0.05) is 41.4 Å². The molecule has 3 aromatic rings. The maximum absolute atomic E-state index is 12.9. The third kappa shape index (κ3) is 6.28. The number of ether oxygens (including phenoxy) is 2. The van der Waals surface area contributed by atoms with Gasteiger partial charge in [0.2, 0.25) is 9.84 Å². The summed E-state index contributed by atoms with van der Waals surface area (Å²) in [5, 5.41) is 9.55. The van der Waals surface area contributed by atoms with Gasteiger partial charge in [-0.15, -0.1) is 0 Å². The SMILES string of the molecule is COc1cc(/C=C(/C#N)S(=O)(=O)c2cc(Cl)ccc2Cl)ccc1OCc1cccc(C(F)(F)F)c1. The zero-order valence-electron chi connectivity index (χ0n) is 17.9. The Balaban J connectivity index is 1.88. The second-order valence-corrected chi connectivity index (χ2v) is 9.83. The van der Waals surface area contributed by atoms with Gasteiger partial charge < -0.3 is 9.47 Å². The van der Waals surface area contributed by atoms with Gasteiger partial charge in [0.15, 0.2) is 11.5 Å². The Bertz CT molecular complexity index is 1430. The third-order valence-corrected chi connectivity index (χ3v) is 7.10. The molecule has 0 heterocycles. The number of allylic oxidation sites excluding steroid dienone is 1. The van der Waals surface area contributed by atoms with Crippen LogP contribution in [0.3, 0.4) is 0 Å². The third-order valence-electron chi connectivity index (χ3n) is 4.72. The maximum Gasteiger partial charge on any atom is 0.416 e. The normalized spacial score (nSPS) is 12.2. The molecule has 3 rings (SSSR count). The van der Waals surface area contributed by atoms with E-state index in [-0.39, 0.29) is 33.0 Å². The number of nitriles is 1. The van der Waals surface area contributed by atoms with Crippen LogP contribution in [-0.2, 0) is 22.6 Å². The standard InChI is InChI=1S/C24H16Cl2F3NO4S/c1-33-22-11-15(10-19(13-30)35(31,32)23-12-18(25)6-7-20(23)26)5-8-21(22)34-14-16-3-2-4-17(9-16)24(27,28)29/h2-12H,14H2,1H3/b19-10-. The Kier molecular flexibility index (Phi) is 8.00. The molecule has 0 unspecified atom stereocenters. The first kappa shape index (κ1) is 26.4. The van der Waals surface area contributed by atoms with Crippen LogP contribution in [0.15, 0.2) is 70.5 Å². The average Bonchev–Trinajstić information content (AvgIpc) is 2.82. The molecular weight excluding hydrogens is 526 g/mol. The molecule has 0 saturated heterocycles. The van der Waals surface area contributed by atoms with Gasteiger partial charge in [-0.25, -0.2) is 8.42 Å². The molecule has 0 aliphatic carbocycles. The van der Waals surface area contributed by atoms with E-state index in [0.717, 1.165) is 24.3 Å². The van der Waals surface area contributed by atoms with Crippen molar-refractivity contribution in [3.05, 3.63) is 92.3 Å². The zero-order valence-corrected chi connectivity index (χ0v) is 20.3. The van der Waals surface area contributed by atoms with E-state index in [0.29, 0.717) is 11.1 Å². The minimum absolute atomic E-state index is 0.0912. The second kappa shape index (κ2) is 10.6. The van der Waals surface area contributed by atoms with Gasteiger partial charge in [-0.05, 0) is 59.7 Å². The molecule has 0 aliphatic heterocycles. The molecule has 0 saturated carbocycles. The molecule has 0 bridgehead atoms. The number of sulfone groups is 1. The Labute approximate surface area is 209 Å². The van der Waals surface area contributed by atoms with Gasteiger partial charge in [0.25, 0.3) is 0 Å². The van der Waals surface area contributed by atoms with E-state index in [1.165, 1.54) is 49.6 Å². The highest BCUT2D eigenvalue weighted by Crippen LogP contribution is 2.34. The van der Waals surface area contributed by atoms with Crippen LogP contribution in [0, 0.1) is 11.3 Å². The summed E-state index contributed by atoms with van der Waals surface area (Å²) >= 11 is 11.9. The quantitative estimate of drug-likeness (QED) is 0.303. The van der Waals surface area contributed by atoms with E-state index in [9.17, 15) is 26.9 Å². The fourth-order valence-electron chi connectivity index (χ4n) is 3.01. The van der Waals surface area contributed by atoms with Crippen molar-refractivity contribution in [2.75, 3.05) is 7.11 Å². The number of rotatable bonds is 7. The predicted octanol–water partition coefficient (Wildman–Crippen LogP) is 6.94. The fraction of sp³-hybridized carbons (Fsp3) is 0.125.